The second kappa shape index (κ2) is 5.23. The fourth-order valence-electron chi connectivity index (χ4n) is 1.66. The summed E-state index contributed by atoms with van der Waals surface area (Å²) in [6.45, 7) is 1.81. The van der Waals surface area contributed by atoms with Crippen LogP contribution in [-0.2, 0) is 0 Å². The van der Waals surface area contributed by atoms with Crippen molar-refractivity contribution in [3.05, 3.63) is 59.2 Å². The lowest BCUT2D eigenvalue weighted by Gasteiger charge is -2.09. The van der Waals surface area contributed by atoms with E-state index in [1.54, 1.807) is 42.5 Å². The van der Waals surface area contributed by atoms with Crippen LogP contribution in [0.4, 0.5) is 0 Å². The number of nitrogens with zero attached hydrogens (tertiary/aromatic N) is 1. The van der Waals surface area contributed by atoms with E-state index in [-0.39, 0.29) is 11.3 Å². The molecule has 0 aliphatic rings. The molecule has 2 aromatic rings. The summed E-state index contributed by atoms with van der Waals surface area (Å²) in [6.07, 6.45) is 0. The van der Waals surface area contributed by atoms with Crippen LogP contribution in [0.2, 0.25) is 0 Å². The zero-order valence-corrected chi connectivity index (χ0v) is 10.3. The minimum atomic E-state index is -1.05. The molecule has 0 unspecified atom stereocenters. The van der Waals surface area contributed by atoms with Crippen molar-refractivity contribution < 1.29 is 14.6 Å². The number of nitriles is 1. The molecule has 0 aliphatic carbocycles. The molecule has 0 spiro atoms. The van der Waals surface area contributed by atoms with Gasteiger partial charge in [0.2, 0.25) is 0 Å². The molecule has 0 radical (unpaired) electrons. The van der Waals surface area contributed by atoms with E-state index >= 15 is 0 Å². The SMILES string of the molecule is Cc1ccc(Oc2cccc(C#N)c2)c(C(=O)O)c1. The fourth-order valence-corrected chi connectivity index (χ4v) is 1.66. The largest absolute Gasteiger partial charge is 0.478 e. The fraction of sp³-hybridized carbons (Fsp3) is 0.0667. The molecule has 0 heterocycles. The van der Waals surface area contributed by atoms with Crippen molar-refractivity contribution in [2.75, 3.05) is 0 Å². The molecule has 0 aromatic heterocycles. The number of carboxylic acids is 1. The van der Waals surface area contributed by atoms with Crippen LogP contribution in [-0.4, -0.2) is 11.1 Å². The molecule has 2 rings (SSSR count). The van der Waals surface area contributed by atoms with E-state index in [2.05, 4.69) is 0 Å². The van der Waals surface area contributed by atoms with Gasteiger partial charge in [-0.25, -0.2) is 4.79 Å². The van der Waals surface area contributed by atoms with Gasteiger partial charge >= 0.3 is 5.97 Å². The zero-order valence-electron chi connectivity index (χ0n) is 10.3. The number of hydrogen-bond acceptors (Lipinski definition) is 3. The number of carboxylic acid groups (broad SMARTS) is 1. The number of carbonyl (C=O) groups is 1. The lowest BCUT2D eigenvalue weighted by Crippen LogP contribution is -2.00. The Kier molecular flexibility index (Phi) is 3.48. The van der Waals surface area contributed by atoms with Crippen LogP contribution in [0, 0.1) is 18.3 Å². The van der Waals surface area contributed by atoms with Gasteiger partial charge in [0.25, 0.3) is 0 Å². The van der Waals surface area contributed by atoms with E-state index in [1.807, 2.05) is 13.0 Å². The van der Waals surface area contributed by atoms with Crippen LogP contribution >= 0.6 is 0 Å². The maximum absolute atomic E-state index is 11.2. The predicted octanol–water partition coefficient (Wildman–Crippen LogP) is 3.36. The Morgan fingerprint density at radius 3 is 2.74 bits per heavy atom. The lowest BCUT2D eigenvalue weighted by molar-refractivity contribution is 0.0694. The Bertz CT molecular complexity index is 671. The lowest BCUT2D eigenvalue weighted by atomic mass is 10.1. The van der Waals surface area contributed by atoms with Gasteiger partial charge < -0.3 is 9.84 Å². The van der Waals surface area contributed by atoms with E-state index in [0.717, 1.165) is 5.56 Å². The minimum absolute atomic E-state index is 0.0994. The summed E-state index contributed by atoms with van der Waals surface area (Å²) in [5, 5.41) is 17.9. The normalized spacial score (nSPS) is 9.68. The molecule has 0 saturated heterocycles. The first-order valence-electron chi connectivity index (χ1n) is 5.62. The molecular formula is C15H11NO3. The van der Waals surface area contributed by atoms with E-state index in [4.69, 9.17) is 15.1 Å². The third kappa shape index (κ3) is 2.90. The van der Waals surface area contributed by atoms with Crippen molar-refractivity contribution in [3.8, 4) is 17.6 Å². The average Bonchev–Trinajstić information content (AvgIpc) is 2.41. The first-order valence-corrected chi connectivity index (χ1v) is 5.62. The molecule has 2 aromatic carbocycles. The van der Waals surface area contributed by atoms with Crippen LogP contribution in [0.1, 0.15) is 21.5 Å². The summed E-state index contributed by atoms with van der Waals surface area (Å²) in [5.74, 6) is -0.353. The maximum atomic E-state index is 11.2. The van der Waals surface area contributed by atoms with Gasteiger partial charge in [-0.3, -0.25) is 0 Å². The summed E-state index contributed by atoms with van der Waals surface area (Å²) in [7, 11) is 0. The number of rotatable bonds is 3. The summed E-state index contributed by atoms with van der Waals surface area (Å²) in [5.41, 5.74) is 1.40. The van der Waals surface area contributed by atoms with Crippen molar-refractivity contribution in [2.45, 2.75) is 6.92 Å². The van der Waals surface area contributed by atoms with Gasteiger partial charge in [-0.05, 0) is 37.3 Å². The molecule has 4 nitrogen and oxygen atoms in total. The Morgan fingerprint density at radius 1 is 1.26 bits per heavy atom. The third-order valence-electron chi connectivity index (χ3n) is 2.56. The Labute approximate surface area is 110 Å². The molecule has 0 bridgehead atoms. The van der Waals surface area contributed by atoms with Crippen LogP contribution in [0.25, 0.3) is 0 Å². The molecule has 94 valence electrons. The highest BCUT2D eigenvalue weighted by molar-refractivity contribution is 5.91. The quantitative estimate of drug-likeness (QED) is 0.910. The van der Waals surface area contributed by atoms with Gasteiger partial charge in [-0.2, -0.15) is 5.26 Å². The first kappa shape index (κ1) is 12.7. The predicted molar refractivity (Wildman–Crippen MR) is 69.4 cm³/mol. The van der Waals surface area contributed by atoms with Crippen molar-refractivity contribution in [1.82, 2.24) is 0 Å². The average molecular weight is 253 g/mol. The standard InChI is InChI=1S/C15H11NO3/c1-10-5-6-14(13(7-10)15(17)18)19-12-4-2-3-11(8-12)9-16/h2-8H,1H3,(H,17,18). The monoisotopic (exact) mass is 253 g/mol. The zero-order chi connectivity index (χ0) is 13.8. The van der Waals surface area contributed by atoms with Gasteiger partial charge in [0.05, 0.1) is 11.6 Å². The molecule has 0 amide bonds. The number of hydrogen-bond donors (Lipinski definition) is 1. The number of benzene rings is 2. The van der Waals surface area contributed by atoms with Gasteiger partial charge in [-0.1, -0.05) is 17.7 Å². The molecule has 0 fully saturated rings. The Morgan fingerprint density at radius 2 is 2.05 bits per heavy atom. The Balaban J connectivity index is 2.38. The van der Waals surface area contributed by atoms with Crippen LogP contribution in [0.15, 0.2) is 42.5 Å². The van der Waals surface area contributed by atoms with Crippen molar-refractivity contribution in [1.29, 1.82) is 5.26 Å². The van der Waals surface area contributed by atoms with E-state index < -0.39 is 5.97 Å². The minimum Gasteiger partial charge on any atom is -0.478 e. The van der Waals surface area contributed by atoms with Crippen LogP contribution < -0.4 is 4.74 Å². The summed E-state index contributed by atoms with van der Waals surface area (Å²) < 4.78 is 5.54. The van der Waals surface area contributed by atoms with Crippen LogP contribution in [0.5, 0.6) is 11.5 Å². The van der Waals surface area contributed by atoms with Gasteiger partial charge in [0.1, 0.15) is 17.1 Å². The molecule has 4 heteroatoms. The highest BCUT2D eigenvalue weighted by atomic mass is 16.5. The van der Waals surface area contributed by atoms with Crippen molar-refractivity contribution in [2.24, 2.45) is 0 Å². The number of ether oxygens (including phenoxy) is 1. The molecule has 0 atom stereocenters. The molecule has 19 heavy (non-hydrogen) atoms. The number of aromatic carboxylic acids is 1. The molecule has 1 N–H and O–H groups in total. The first-order chi connectivity index (χ1) is 9.10. The molecular weight excluding hydrogens is 242 g/mol. The highest BCUT2D eigenvalue weighted by Gasteiger charge is 2.12. The maximum Gasteiger partial charge on any atom is 0.339 e. The second-order valence-corrected chi connectivity index (χ2v) is 4.05. The number of aryl methyl sites for hydroxylation is 1. The Hall–Kier alpha value is -2.80. The van der Waals surface area contributed by atoms with Gasteiger partial charge in [-0.15, -0.1) is 0 Å². The molecule has 0 aliphatic heterocycles. The molecule has 0 saturated carbocycles. The smallest absolute Gasteiger partial charge is 0.339 e. The van der Waals surface area contributed by atoms with Gasteiger partial charge in [0, 0.05) is 0 Å². The summed E-state index contributed by atoms with van der Waals surface area (Å²) in [4.78, 5) is 11.2. The van der Waals surface area contributed by atoms with Crippen LogP contribution in [0.3, 0.4) is 0 Å². The van der Waals surface area contributed by atoms with Crippen molar-refractivity contribution in [3.63, 3.8) is 0 Å². The topological polar surface area (TPSA) is 70.3 Å². The third-order valence-corrected chi connectivity index (χ3v) is 2.56. The summed E-state index contributed by atoms with van der Waals surface area (Å²) >= 11 is 0. The van der Waals surface area contributed by atoms with E-state index in [1.165, 1.54) is 0 Å². The van der Waals surface area contributed by atoms with E-state index in [9.17, 15) is 4.79 Å². The summed E-state index contributed by atoms with van der Waals surface area (Å²) in [6, 6.07) is 13.5. The van der Waals surface area contributed by atoms with Crippen molar-refractivity contribution >= 4 is 5.97 Å². The van der Waals surface area contributed by atoms with Gasteiger partial charge in [0.15, 0.2) is 0 Å². The highest BCUT2D eigenvalue weighted by Crippen LogP contribution is 2.26. The van der Waals surface area contributed by atoms with E-state index in [0.29, 0.717) is 11.3 Å². The second-order valence-electron chi connectivity index (χ2n) is 4.05.